The largest absolute Gasteiger partial charge is 0.497 e. The molecule has 1 rings (SSSR count). The van der Waals surface area contributed by atoms with Crippen LogP contribution in [0.5, 0.6) is 5.75 Å². The summed E-state index contributed by atoms with van der Waals surface area (Å²) in [4.78, 5) is 12.1. The van der Waals surface area contributed by atoms with E-state index in [9.17, 15) is 4.79 Å². The van der Waals surface area contributed by atoms with E-state index in [1.54, 1.807) is 7.11 Å². The molecule has 0 fully saturated rings. The first-order valence-corrected chi connectivity index (χ1v) is 6.93. The Bertz CT molecular complexity index is 407. The number of Topliss-reactive ketones (excluding diaryl/α,β-unsaturated/α-hetero) is 1. The third-order valence-electron chi connectivity index (χ3n) is 2.87. The number of ether oxygens (including phenoxy) is 1. The number of hydrogen-bond donors (Lipinski definition) is 1. The molecule has 0 aromatic heterocycles. The molecule has 1 N–H and O–H groups in total. The number of carbonyl (C=O) groups is 1. The van der Waals surface area contributed by atoms with Crippen LogP contribution in [-0.4, -0.2) is 26.0 Å². The molecular weight excluding hydrogens is 294 g/mol. The highest BCUT2D eigenvalue weighted by Gasteiger charge is 2.14. The van der Waals surface area contributed by atoms with Crippen LogP contribution in [0.1, 0.15) is 19.4 Å². The van der Waals surface area contributed by atoms with Gasteiger partial charge < -0.3 is 10.1 Å². The highest BCUT2D eigenvalue weighted by Crippen LogP contribution is 2.23. The van der Waals surface area contributed by atoms with Gasteiger partial charge in [-0.15, -0.1) is 0 Å². The number of halogens is 1. The lowest BCUT2D eigenvalue weighted by Gasteiger charge is -2.12. The summed E-state index contributed by atoms with van der Waals surface area (Å²) in [6.45, 7) is 5.62. The number of rotatable bonds is 7. The predicted molar refractivity (Wildman–Crippen MR) is 77.1 cm³/mol. The first-order chi connectivity index (χ1) is 8.58. The van der Waals surface area contributed by atoms with Crippen molar-refractivity contribution in [1.29, 1.82) is 0 Å². The number of benzene rings is 1. The molecule has 0 amide bonds. The molecule has 0 bridgehead atoms. The van der Waals surface area contributed by atoms with E-state index in [-0.39, 0.29) is 11.7 Å². The summed E-state index contributed by atoms with van der Waals surface area (Å²) in [5.74, 6) is 1.05. The van der Waals surface area contributed by atoms with Gasteiger partial charge in [-0.2, -0.15) is 0 Å². The van der Waals surface area contributed by atoms with Crippen molar-refractivity contribution in [3.05, 3.63) is 28.2 Å². The fourth-order valence-corrected chi connectivity index (χ4v) is 2.04. The smallest absolute Gasteiger partial charge is 0.141 e. The molecule has 0 aliphatic rings. The Labute approximate surface area is 117 Å². The van der Waals surface area contributed by atoms with E-state index in [1.165, 1.54) is 0 Å². The van der Waals surface area contributed by atoms with E-state index >= 15 is 0 Å². The number of carbonyl (C=O) groups excluding carboxylic acids is 1. The lowest BCUT2D eigenvalue weighted by Crippen LogP contribution is -2.27. The molecule has 0 saturated carbocycles. The van der Waals surface area contributed by atoms with Crippen LogP contribution in [0.2, 0.25) is 0 Å². The van der Waals surface area contributed by atoms with Gasteiger partial charge in [-0.05, 0) is 30.3 Å². The van der Waals surface area contributed by atoms with Crippen LogP contribution in [0.15, 0.2) is 22.7 Å². The molecule has 0 heterocycles. The van der Waals surface area contributed by atoms with Gasteiger partial charge in [0.2, 0.25) is 0 Å². The van der Waals surface area contributed by atoms with Gasteiger partial charge in [0.15, 0.2) is 0 Å². The summed E-state index contributed by atoms with van der Waals surface area (Å²) in [6, 6.07) is 5.69. The maximum atomic E-state index is 12.1. The Morgan fingerprint density at radius 2 is 2.22 bits per heavy atom. The number of ketones is 1. The lowest BCUT2D eigenvalue weighted by molar-refractivity contribution is -0.121. The molecule has 1 aromatic rings. The molecule has 3 nitrogen and oxygen atoms in total. The van der Waals surface area contributed by atoms with Crippen molar-refractivity contribution in [3.63, 3.8) is 0 Å². The summed E-state index contributed by atoms with van der Waals surface area (Å²) >= 11 is 3.47. The molecule has 4 heteroatoms. The summed E-state index contributed by atoms with van der Waals surface area (Å²) in [7, 11) is 1.63. The Kier molecular flexibility index (Phi) is 6.36. The van der Waals surface area contributed by atoms with Crippen molar-refractivity contribution >= 4 is 21.7 Å². The van der Waals surface area contributed by atoms with Gasteiger partial charge in [-0.3, -0.25) is 4.79 Å². The van der Waals surface area contributed by atoms with Crippen LogP contribution in [-0.2, 0) is 11.2 Å². The zero-order valence-electron chi connectivity index (χ0n) is 11.1. The second kappa shape index (κ2) is 7.54. The minimum atomic E-state index is 0.0306. The molecule has 0 aliphatic heterocycles. The van der Waals surface area contributed by atoms with Crippen molar-refractivity contribution in [2.45, 2.75) is 20.3 Å². The topological polar surface area (TPSA) is 38.3 Å². The second-order valence-corrected chi connectivity index (χ2v) is 5.16. The fraction of sp³-hybridized carbons (Fsp3) is 0.500. The summed E-state index contributed by atoms with van der Waals surface area (Å²) in [5, 5.41) is 3.19. The lowest BCUT2D eigenvalue weighted by atomic mass is 9.99. The van der Waals surface area contributed by atoms with Crippen LogP contribution >= 0.6 is 15.9 Å². The average molecular weight is 314 g/mol. The van der Waals surface area contributed by atoms with Crippen LogP contribution in [0, 0.1) is 5.92 Å². The summed E-state index contributed by atoms with van der Waals surface area (Å²) < 4.78 is 6.12. The molecule has 0 saturated heterocycles. The molecule has 0 aliphatic carbocycles. The van der Waals surface area contributed by atoms with E-state index < -0.39 is 0 Å². The maximum Gasteiger partial charge on any atom is 0.141 e. The van der Waals surface area contributed by atoms with Gasteiger partial charge >= 0.3 is 0 Å². The molecule has 1 atom stereocenters. The quantitative estimate of drug-likeness (QED) is 0.841. The molecule has 0 spiro atoms. The Morgan fingerprint density at radius 3 is 2.83 bits per heavy atom. The van der Waals surface area contributed by atoms with Crippen molar-refractivity contribution in [3.8, 4) is 5.75 Å². The fourth-order valence-electron chi connectivity index (χ4n) is 1.65. The van der Waals surface area contributed by atoms with Gasteiger partial charge in [0.05, 0.1) is 7.11 Å². The molecule has 18 heavy (non-hydrogen) atoms. The highest BCUT2D eigenvalue weighted by molar-refractivity contribution is 9.10. The Morgan fingerprint density at radius 1 is 1.50 bits per heavy atom. The molecule has 100 valence electrons. The van der Waals surface area contributed by atoms with Crippen LogP contribution in [0.3, 0.4) is 0 Å². The minimum Gasteiger partial charge on any atom is -0.497 e. The third-order valence-corrected chi connectivity index (χ3v) is 3.64. The minimum absolute atomic E-state index is 0.0306. The molecule has 1 unspecified atom stereocenters. The van der Waals surface area contributed by atoms with Crippen LogP contribution in [0.4, 0.5) is 0 Å². The molecule has 0 radical (unpaired) electrons. The van der Waals surface area contributed by atoms with Gasteiger partial charge in [0.1, 0.15) is 11.5 Å². The maximum absolute atomic E-state index is 12.1. The van der Waals surface area contributed by atoms with E-state index in [0.29, 0.717) is 6.42 Å². The monoisotopic (exact) mass is 313 g/mol. The third kappa shape index (κ3) is 4.42. The average Bonchev–Trinajstić information content (AvgIpc) is 2.38. The molecule has 1 aromatic carbocycles. The van der Waals surface area contributed by atoms with Crippen molar-refractivity contribution < 1.29 is 9.53 Å². The van der Waals surface area contributed by atoms with Gasteiger partial charge in [-0.25, -0.2) is 0 Å². The van der Waals surface area contributed by atoms with Crippen molar-refractivity contribution in [2.75, 3.05) is 20.2 Å². The van der Waals surface area contributed by atoms with Crippen LogP contribution in [0.25, 0.3) is 0 Å². The van der Waals surface area contributed by atoms with Gasteiger partial charge in [-0.1, -0.05) is 29.8 Å². The summed E-state index contributed by atoms with van der Waals surface area (Å²) in [5.41, 5.74) is 0.975. The zero-order valence-corrected chi connectivity index (χ0v) is 12.7. The Hall–Kier alpha value is -0.870. The van der Waals surface area contributed by atoms with Gasteiger partial charge in [0, 0.05) is 23.4 Å². The standard InChI is InChI=1S/C14H20BrNO2/c1-4-16-9-10(2)14(17)8-11-7-12(18-3)5-6-13(11)15/h5-7,10,16H,4,8-9H2,1-3H3. The van der Waals surface area contributed by atoms with Crippen molar-refractivity contribution in [2.24, 2.45) is 5.92 Å². The first kappa shape index (κ1) is 15.2. The predicted octanol–water partition coefficient (Wildman–Crippen LogP) is 2.81. The molecular formula is C14H20BrNO2. The summed E-state index contributed by atoms with van der Waals surface area (Å²) in [6.07, 6.45) is 0.435. The van der Waals surface area contributed by atoms with Gasteiger partial charge in [0.25, 0.3) is 0 Å². The van der Waals surface area contributed by atoms with Crippen LogP contribution < -0.4 is 10.1 Å². The second-order valence-electron chi connectivity index (χ2n) is 4.31. The number of hydrogen-bond acceptors (Lipinski definition) is 3. The number of nitrogens with one attached hydrogen (secondary N) is 1. The van der Waals surface area contributed by atoms with Crippen molar-refractivity contribution in [1.82, 2.24) is 5.32 Å². The van der Waals surface area contributed by atoms with E-state index in [0.717, 1.165) is 28.9 Å². The van der Waals surface area contributed by atoms with E-state index in [2.05, 4.69) is 21.2 Å². The number of methoxy groups -OCH3 is 1. The highest BCUT2D eigenvalue weighted by atomic mass is 79.9. The first-order valence-electron chi connectivity index (χ1n) is 6.14. The zero-order chi connectivity index (χ0) is 13.5. The van der Waals surface area contributed by atoms with E-state index in [4.69, 9.17) is 4.74 Å². The van der Waals surface area contributed by atoms with E-state index in [1.807, 2.05) is 32.0 Å². The Balaban J connectivity index is 2.68. The SMILES string of the molecule is CCNCC(C)C(=O)Cc1cc(OC)ccc1Br. The normalized spacial score (nSPS) is 12.2.